The molecule has 0 aliphatic carbocycles. The number of ether oxygens (including phenoxy) is 2. The number of aliphatic hydroxyl groups excluding tert-OH is 1. The number of likely N-dealkylation sites (tertiary alicyclic amines) is 1. The molecule has 38 heavy (non-hydrogen) atoms. The average molecular weight is 527 g/mol. The Hall–Kier alpha value is -3.02. The van der Waals surface area contributed by atoms with Crippen LogP contribution in [0.15, 0.2) is 34.3 Å². The number of aliphatic hydroxyl groups is 1. The number of allylic oxidation sites excluding steroid dienone is 3. The summed E-state index contributed by atoms with van der Waals surface area (Å²) in [6.45, 7) is 12.4. The van der Waals surface area contributed by atoms with Gasteiger partial charge in [0.15, 0.2) is 5.82 Å². The summed E-state index contributed by atoms with van der Waals surface area (Å²) in [7, 11) is 1.66. The zero-order valence-corrected chi connectivity index (χ0v) is 22.9. The molecule has 2 aromatic heterocycles. The first kappa shape index (κ1) is 28.0. The second-order valence-corrected chi connectivity index (χ2v) is 10.2. The first-order chi connectivity index (χ1) is 18.5. The van der Waals surface area contributed by atoms with Crippen LogP contribution in [0.5, 0.6) is 0 Å². The summed E-state index contributed by atoms with van der Waals surface area (Å²) in [4.78, 5) is 15.7. The molecule has 4 rings (SSSR count). The summed E-state index contributed by atoms with van der Waals surface area (Å²) in [5, 5.41) is 17.5. The molecule has 0 spiro atoms. The second kappa shape index (κ2) is 13.2. The van der Waals surface area contributed by atoms with Crippen LogP contribution in [0.4, 0.5) is 11.8 Å². The minimum Gasteiger partial charge on any atom is -0.495 e. The van der Waals surface area contributed by atoms with Crippen molar-refractivity contribution in [2.45, 2.75) is 64.6 Å². The van der Waals surface area contributed by atoms with Crippen LogP contribution >= 0.6 is 0 Å². The van der Waals surface area contributed by atoms with Gasteiger partial charge in [0.2, 0.25) is 5.95 Å². The van der Waals surface area contributed by atoms with Crippen molar-refractivity contribution in [1.29, 1.82) is 0 Å². The van der Waals surface area contributed by atoms with Gasteiger partial charge in [-0.15, -0.1) is 0 Å². The standard InChI is InChI=1S/C27H42N8O3/c1-5-6-20(9-12-36)31-26-25-22(32-27(28)33-26)14-30-35(25)15-23(29-3)24(37-4)13-18(2)19-7-10-34(11-8-19)21-16-38-17-21/h13-14,19-21,36H,3,5-12,15-17H2,1-2,4H3,(H3,28,31,32,33)/b18-13+,24-23+. The quantitative estimate of drug-likeness (QED) is 0.204. The third-order valence-corrected chi connectivity index (χ3v) is 7.63. The van der Waals surface area contributed by atoms with Gasteiger partial charge < -0.3 is 25.6 Å². The molecule has 1 unspecified atom stereocenters. The Morgan fingerprint density at radius 2 is 2.11 bits per heavy atom. The summed E-state index contributed by atoms with van der Waals surface area (Å²) in [6.07, 6.45) is 8.49. The molecule has 2 aliphatic rings. The summed E-state index contributed by atoms with van der Waals surface area (Å²) in [5.41, 5.74) is 9.30. The third kappa shape index (κ3) is 6.51. The lowest BCUT2D eigenvalue weighted by molar-refractivity contribution is -0.0725. The van der Waals surface area contributed by atoms with Crippen LogP contribution in [0.1, 0.15) is 46.0 Å². The topological polar surface area (TPSA) is 136 Å². The number of nitrogen functional groups attached to an aromatic ring is 1. The molecule has 2 saturated heterocycles. The lowest BCUT2D eigenvalue weighted by Crippen LogP contribution is -2.51. The number of methoxy groups -OCH3 is 1. The van der Waals surface area contributed by atoms with Gasteiger partial charge in [-0.1, -0.05) is 18.9 Å². The maximum Gasteiger partial charge on any atom is 0.222 e. The number of nitrogens with zero attached hydrogens (tertiary/aromatic N) is 6. The van der Waals surface area contributed by atoms with E-state index in [1.165, 1.54) is 5.57 Å². The first-order valence-corrected chi connectivity index (χ1v) is 13.6. The molecule has 0 bridgehead atoms. The highest BCUT2D eigenvalue weighted by Crippen LogP contribution is 2.29. The number of piperidine rings is 1. The molecule has 11 heteroatoms. The largest absolute Gasteiger partial charge is 0.495 e. The molecule has 208 valence electrons. The highest BCUT2D eigenvalue weighted by Gasteiger charge is 2.30. The number of aromatic nitrogens is 4. The molecule has 0 radical (unpaired) electrons. The van der Waals surface area contributed by atoms with E-state index >= 15 is 0 Å². The van der Waals surface area contributed by atoms with Crippen molar-refractivity contribution in [2.24, 2.45) is 10.9 Å². The van der Waals surface area contributed by atoms with Gasteiger partial charge in [0, 0.05) is 12.6 Å². The Kier molecular flexibility index (Phi) is 9.70. The summed E-state index contributed by atoms with van der Waals surface area (Å²) in [6, 6.07) is 0.650. The van der Waals surface area contributed by atoms with Crippen LogP contribution in [-0.4, -0.2) is 88.6 Å². The van der Waals surface area contributed by atoms with Gasteiger partial charge in [-0.2, -0.15) is 10.1 Å². The van der Waals surface area contributed by atoms with Crippen LogP contribution in [0.25, 0.3) is 11.0 Å². The summed E-state index contributed by atoms with van der Waals surface area (Å²) >= 11 is 0. The van der Waals surface area contributed by atoms with Gasteiger partial charge in [0.1, 0.15) is 22.5 Å². The Bertz CT molecular complexity index is 1140. The van der Waals surface area contributed by atoms with Crippen LogP contribution in [0.2, 0.25) is 0 Å². The molecule has 2 aromatic rings. The molecule has 0 aromatic carbocycles. The second-order valence-electron chi connectivity index (χ2n) is 10.2. The number of fused-ring (bicyclic) bond motifs is 1. The number of hydrogen-bond donors (Lipinski definition) is 3. The van der Waals surface area contributed by atoms with E-state index in [2.05, 4.69) is 56.9 Å². The van der Waals surface area contributed by atoms with E-state index in [0.717, 1.165) is 57.5 Å². The minimum absolute atomic E-state index is 0.0572. The molecule has 2 fully saturated rings. The molecule has 1 atom stereocenters. The third-order valence-electron chi connectivity index (χ3n) is 7.63. The van der Waals surface area contributed by atoms with E-state index < -0.39 is 0 Å². The maximum absolute atomic E-state index is 9.51. The molecule has 0 amide bonds. The van der Waals surface area contributed by atoms with Crippen LogP contribution < -0.4 is 11.1 Å². The molecule has 11 nitrogen and oxygen atoms in total. The van der Waals surface area contributed by atoms with Crippen molar-refractivity contribution in [3.63, 3.8) is 0 Å². The Balaban J connectivity index is 1.56. The van der Waals surface area contributed by atoms with Gasteiger partial charge in [-0.25, -0.2) is 4.98 Å². The van der Waals surface area contributed by atoms with E-state index in [1.807, 2.05) is 0 Å². The number of nitrogens with two attached hydrogens (primary N) is 1. The Morgan fingerprint density at radius 3 is 2.71 bits per heavy atom. The minimum atomic E-state index is 0.0572. The van der Waals surface area contributed by atoms with Gasteiger partial charge in [0.05, 0.1) is 39.1 Å². The molecular formula is C27H42N8O3. The SMILES string of the molecule is C=N/C(Cn1ncc2nc(N)nc(NC(CCC)CCO)c21)=C(\C=C(/C)C1CCN(C2COC2)CC1)OC. The number of hydrogen-bond acceptors (Lipinski definition) is 10. The van der Waals surface area contributed by atoms with Crippen molar-refractivity contribution in [3.05, 3.63) is 29.3 Å². The average Bonchev–Trinajstić information content (AvgIpc) is 3.28. The van der Waals surface area contributed by atoms with Crippen molar-refractivity contribution in [1.82, 2.24) is 24.6 Å². The first-order valence-electron chi connectivity index (χ1n) is 13.6. The van der Waals surface area contributed by atoms with E-state index in [9.17, 15) is 5.11 Å². The molecular weight excluding hydrogens is 484 g/mol. The van der Waals surface area contributed by atoms with E-state index in [1.54, 1.807) is 18.0 Å². The monoisotopic (exact) mass is 526 g/mol. The van der Waals surface area contributed by atoms with Gasteiger partial charge in [-0.05, 0) is 64.4 Å². The fourth-order valence-electron chi connectivity index (χ4n) is 5.31. The van der Waals surface area contributed by atoms with Gasteiger partial charge >= 0.3 is 0 Å². The number of rotatable bonds is 13. The van der Waals surface area contributed by atoms with Crippen molar-refractivity contribution in [3.8, 4) is 0 Å². The lowest BCUT2D eigenvalue weighted by atomic mass is 9.88. The molecule has 4 heterocycles. The number of nitrogens with one attached hydrogen (secondary N) is 1. The fraction of sp³-hybridized carbons (Fsp3) is 0.630. The van der Waals surface area contributed by atoms with Gasteiger partial charge in [0.25, 0.3) is 0 Å². The number of anilines is 2. The highest BCUT2D eigenvalue weighted by atomic mass is 16.5. The smallest absolute Gasteiger partial charge is 0.222 e. The van der Waals surface area contributed by atoms with Crippen LogP contribution in [0.3, 0.4) is 0 Å². The fourth-order valence-corrected chi connectivity index (χ4v) is 5.31. The van der Waals surface area contributed by atoms with Gasteiger partial charge in [-0.3, -0.25) is 14.6 Å². The van der Waals surface area contributed by atoms with Crippen LogP contribution in [0, 0.1) is 5.92 Å². The normalized spacial score (nSPS) is 19.2. The zero-order chi connectivity index (χ0) is 27.1. The predicted octanol–water partition coefficient (Wildman–Crippen LogP) is 2.99. The molecule has 0 saturated carbocycles. The summed E-state index contributed by atoms with van der Waals surface area (Å²) in [5.74, 6) is 1.94. The maximum atomic E-state index is 9.51. The Labute approximate surface area is 224 Å². The van der Waals surface area contributed by atoms with Crippen molar-refractivity contribution < 1.29 is 14.6 Å². The predicted molar refractivity (Wildman–Crippen MR) is 150 cm³/mol. The molecule has 4 N–H and O–H groups in total. The summed E-state index contributed by atoms with van der Waals surface area (Å²) < 4.78 is 13.0. The zero-order valence-electron chi connectivity index (χ0n) is 22.9. The highest BCUT2D eigenvalue weighted by molar-refractivity contribution is 5.86. The lowest BCUT2D eigenvalue weighted by Gasteiger charge is -2.41. The van der Waals surface area contributed by atoms with E-state index in [-0.39, 0.29) is 18.6 Å². The molecule has 2 aliphatic heterocycles. The van der Waals surface area contributed by atoms with Crippen molar-refractivity contribution >= 4 is 29.5 Å². The van der Waals surface area contributed by atoms with Crippen LogP contribution in [-0.2, 0) is 16.0 Å². The van der Waals surface area contributed by atoms with E-state index in [0.29, 0.717) is 47.7 Å². The number of aliphatic imine (C=N–C) groups is 1. The van der Waals surface area contributed by atoms with E-state index in [4.69, 9.17) is 15.2 Å². The van der Waals surface area contributed by atoms with Crippen molar-refractivity contribution in [2.75, 3.05) is 51.1 Å². The Morgan fingerprint density at radius 1 is 1.34 bits per heavy atom.